The predicted molar refractivity (Wildman–Crippen MR) is 78.0 cm³/mol. The molecule has 0 aromatic carbocycles. The van der Waals surface area contributed by atoms with Crippen LogP contribution < -0.4 is 5.32 Å². The number of hydrogen-bond donors (Lipinski definition) is 1. The first-order valence-corrected chi connectivity index (χ1v) is 7.67. The third-order valence-corrected chi connectivity index (χ3v) is 4.50. The van der Waals surface area contributed by atoms with Gasteiger partial charge in [-0.2, -0.15) is 0 Å². The third kappa shape index (κ3) is 3.69. The normalized spacial score (nSPS) is 31.5. The lowest BCUT2D eigenvalue weighted by Gasteiger charge is -2.35. The zero-order valence-corrected chi connectivity index (χ0v) is 12.9. The van der Waals surface area contributed by atoms with Crippen LogP contribution in [0, 0.1) is 11.8 Å². The number of carbonyl (C=O) groups is 1. The molecule has 2 fully saturated rings. The minimum absolute atomic E-state index is 0.00727. The maximum atomic E-state index is 12.3. The molecule has 0 aromatic rings. The van der Waals surface area contributed by atoms with E-state index in [9.17, 15) is 4.79 Å². The van der Waals surface area contributed by atoms with E-state index in [2.05, 4.69) is 24.1 Å². The molecule has 2 aliphatic heterocycles. The number of nitrogens with zero attached hydrogens (tertiary/aromatic N) is 2. The summed E-state index contributed by atoms with van der Waals surface area (Å²) in [5.41, 5.74) is 0. The largest absolute Gasteiger partial charge is 0.347 e. The molecule has 4 atom stereocenters. The fourth-order valence-electron chi connectivity index (χ4n) is 3.45. The van der Waals surface area contributed by atoms with E-state index in [4.69, 9.17) is 0 Å². The minimum atomic E-state index is -0.00727. The molecule has 4 unspecified atom stereocenters. The topological polar surface area (TPSA) is 35.6 Å². The summed E-state index contributed by atoms with van der Waals surface area (Å²) < 4.78 is 0. The maximum Gasteiger partial charge on any atom is 0.239 e. The molecule has 1 amide bonds. The highest BCUT2D eigenvalue weighted by atomic mass is 16.2. The van der Waals surface area contributed by atoms with Crippen molar-refractivity contribution in [2.24, 2.45) is 11.8 Å². The van der Waals surface area contributed by atoms with Gasteiger partial charge in [-0.15, -0.1) is 0 Å². The van der Waals surface area contributed by atoms with Crippen molar-refractivity contribution in [3.63, 3.8) is 0 Å². The smallest absolute Gasteiger partial charge is 0.239 e. The van der Waals surface area contributed by atoms with Crippen LogP contribution in [0.2, 0.25) is 0 Å². The van der Waals surface area contributed by atoms with Crippen molar-refractivity contribution in [2.45, 2.75) is 45.2 Å². The molecule has 2 rings (SSSR count). The number of amides is 1. The maximum absolute atomic E-state index is 12.3. The fourth-order valence-corrected chi connectivity index (χ4v) is 3.45. The lowest BCUT2D eigenvalue weighted by atomic mass is 9.92. The molecule has 0 aliphatic carbocycles. The molecule has 2 bridgehead atoms. The number of nitrogens with one attached hydrogen (secondary N) is 1. The highest BCUT2D eigenvalue weighted by Gasteiger charge is 2.36. The first-order valence-electron chi connectivity index (χ1n) is 7.67. The lowest BCUT2D eigenvalue weighted by Crippen LogP contribution is -2.53. The second-order valence-electron chi connectivity index (χ2n) is 6.83. The number of piperidine rings is 1. The quantitative estimate of drug-likeness (QED) is 0.812. The number of carbonyl (C=O) groups excluding carboxylic acids is 1. The molecule has 0 spiro atoms. The molecule has 0 aromatic heterocycles. The summed E-state index contributed by atoms with van der Waals surface area (Å²) in [6, 6.07) is 0.526. The van der Waals surface area contributed by atoms with Gasteiger partial charge < -0.3 is 15.1 Å². The van der Waals surface area contributed by atoms with E-state index in [0.29, 0.717) is 12.0 Å². The molecule has 4 nitrogen and oxygen atoms in total. The van der Waals surface area contributed by atoms with E-state index >= 15 is 0 Å². The van der Waals surface area contributed by atoms with Gasteiger partial charge in [0, 0.05) is 26.7 Å². The number of fused-ring (bicyclic) bond motifs is 2. The Kier molecular flexibility index (Phi) is 4.85. The molecule has 0 radical (unpaired) electrons. The van der Waals surface area contributed by atoms with E-state index in [-0.39, 0.29) is 11.9 Å². The van der Waals surface area contributed by atoms with Crippen molar-refractivity contribution in [1.29, 1.82) is 0 Å². The Hall–Kier alpha value is -0.610. The first kappa shape index (κ1) is 14.8. The molecule has 0 saturated carbocycles. The average molecular weight is 267 g/mol. The molecule has 110 valence electrons. The minimum Gasteiger partial charge on any atom is -0.347 e. The Balaban J connectivity index is 1.96. The summed E-state index contributed by atoms with van der Waals surface area (Å²) in [7, 11) is 3.71. The van der Waals surface area contributed by atoms with Crippen LogP contribution >= 0.6 is 0 Å². The standard InChI is InChI=1S/C15H29N3O/c1-11(2)9-14(15(19)17(3)4)16-13-6-8-18-7-5-12(13)10-18/h11-14,16H,5-10H2,1-4H3. The van der Waals surface area contributed by atoms with Crippen LogP contribution in [0.1, 0.15) is 33.1 Å². The Labute approximate surface area is 117 Å². The molecule has 2 aliphatic rings. The van der Waals surface area contributed by atoms with Crippen molar-refractivity contribution in [3.8, 4) is 0 Å². The zero-order valence-electron chi connectivity index (χ0n) is 12.9. The monoisotopic (exact) mass is 267 g/mol. The molecular formula is C15H29N3O. The van der Waals surface area contributed by atoms with Gasteiger partial charge >= 0.3 is 0 Å². The van der Waals surface area contributed by atoms with Crippen molar-refractivity contribution >= 4 is 5.91 Å². The zero-order chi connectivity index (χ0) is 14.0. The summed E-state index contributed by atoms with van der Waals surface area (Å²) in [6.07, 6.45) is 3.42. The Morgan fingerprint density at radius 2 is 2.00 bits per heavy atom. The van der Waals surface area contributed by atoms with Crippen LogP contribution in [-0.2, 0) is 4.79 Å². The van der Waals surface area contributed by atoms with Crippen molar-refractivity contribution < 1.29 is 4.79 Å². The van der Waals surface area contributed by atoms with Gasteiger partial charge in [-0.25, -0.2) is 0 Å². The highest BCUT2D eigenvalue weighted by molar-refractivity contribution is 5.81. The van der Waals surface area contributed by atoms with E-state index in [1.165, 1.54) is 32.5 Å². The van der Waals surface area contributed by atoms with Crippen molar-refractivity contribution in [2.75, 3.05) is 33.7 Å². The van der Waals surface area contributed by atoms with Crippen LogP contribution in [0.3, 0.4) is 0 Å². The summed E-state index contributed by atoms with van der Waals surface area (Å²) in [5.74, 6) is 1.53. The van der Waals surface area contributed by atoms with Gasteiger partial charge in [-0.05, 0) is 44.2 Å². The molecule has 2 saturated heterocycles. The van der Waals surface area contributed by atoms with Gasteiger partial charge in [0.25, 0.3) is 0 Å². The fraction of sp³-hybridized carbons (Fsp3) is 0.933. The Morgan fingerprint density at radius 1 is 1.32 bits per heavy atom. The predicted octanol–water partition coefficient (Wildman–Crippen LogP) is 1.17. The second kappa shape index (κ2) is 6.23. The summed E-state index contributed by atoms with van der Waals surface area (Å²) in [5, 5.41) is 3.68. The molecule has 19 heavy (non-hydrogen) atoms. The molecule has 1 N–H and O–H groups in total. The summed E-state index contributed by atoms with van der Waals surface area (Å²) >= 11 is 0. The molecular weight excluding hydrogens is 238 g/mol. The molecule has 4 heteroatoms. The van der Waals surface area contributed by atoms with Crippen LogP contribution in [0.15, 0.2) is 0 Å². The van der Waals surface area contributed by atoms with E-state index in [0.717, 1.165) is 12.3 Å². The number of likely N-dealkylation sites (N-methyl/N-ethyl adjacent to an activating group) is 1. The lowest BCUT2D eigenvalue weighted by molar-refractivity contribution is -0.131. The van der Waals surface area contributed by atoms with Gasteiger partial charge in [-0.1, -0.05) is 13.8 Å². The third-order valence-electron chi connectivity index (χ3n) is 4.50. The summed E-state index contributed by atoms with van der Waals surface area (Å²) in [6.45, 7) is 8.05. The van der Waals surface area contributed by atoms with Crippen LogP contribution in [0.4, 0.5) is 0 Å². The second-order valence-corrected chi connectivity index (χ2v) is 6.83. The average Bonchev–Trinajstić information content (AvgIpc) is 2.73. The van der Waals surface area contributed by atoms with Crippen LogP contribution in [-0.4, -0.2) is 61.5 Å². The van der Waals surface area contributed by atoms with Crippen LogP contribution in [0.5, 0.6) is 0 Å². The van der Waals surface area contributed by atoms with Gasteiger partial charge in [0.2, 0.25) is 5.91 Å². The number of hydrogen-bond acceptors (Lipinski definition) is 3. The van der Waals surface area contributed by atoms with Crippen molar-refractivity contribution in [3.05, 3.63) is 0 Å². The van der Waals surface area contributed by atoms with E-state index in [1.807, 2.05) is 14.1 Å². The number of rotatable bonds is 5. The van der Waals surface area contributed by atoms with E-state index < -0.39 is 0 Å². The van der Waals surface area contributed by atoms with Gasteiger partial charge in [0.15, 0.2) is 0 Å². The Bertz CT molecular complexity index is 317. The van der Waals surface area contributed by atoms with Gasteiger partial charge in [-0.3, -0.25) is 4.79 Å². The molecule has 2 heterocycles. The highest BCUT2D eigenvalue weighted by Crippen LogP contribution is 2.27. The first-order chi connectivity index (χ1) is 8.97. The van der Waals surface area contributed by atoms with E-state index in [1.54, 1.807) is 4.90 Å². The SMILES string of the molecule is CC(C)CC(NC1CCN2CCC1C2)C(=O)N(C)C. The van der Waals surface area contributed by atoms with Gasteiger partial charge in [0.1, 0.15) is 0 Å². The Morgan fingerprint density at radius 3 is 2.63 bits per heavy atom. The van der Waals surface area contributed by atoms with Crippen LogP contribution in [0.25, 0.3) is 0 Å². The summed E-state index contributed by atoms with van der Waals surface area (Å²) in [4.78, 5) is 16.6. The van der Waals surface area contributed by atoms with Crippen molar-refractivity contribution in [1.82, 2.24) is 15.1 Å². The van der Waals surface area contributed by atoms with Gasteiger partial charge in [0.05, 0.1) is 6.04 Å².